The summed E-state index contributed by atoms with van der Waals surface area (Å²) in [7, 11) is 0. The highest BCUT2D eigenvalue weighted by Crippen LogP contribution is 2.13. The fraction of sp³-hybridized carbons (Fsp3) is 0.0769. The molecule has 0 saturated carbocycles. The third-order valence-corrected chi connectivity index (χ3v) is 2.66. The molecule has 18 heavy (non-hydrogen) atoms. The second-order valence-corrected chi connectivity index (χ2v) is 4.46. The standard InChI is InChI=1S/C13H11BrN2O2/c14-11-6-7-15-12(8-11)16-13(17)18-9-10-4-2-1-3-5-10/h1-8H,9H2,(H,15,16,17). The van der Waals surface area contributed by atoms with Gasteiger partial charge in [0, 0.05) is 10.7 Å². The molecule has 0 bridgehead atoms. The van der Waals surface area contributed by atoms with Crippen molar-refractivity contribution < 1.29 is 9.53 Å². The second kappa shape index (κ2) is 6.16. The summed E-state index contributed by atoms with van der Waals surface area (Å²) in [4.78, 5) is 15.5. The molecular formula is C13H11BrN2O2. The lowest BCUT2D eigenvalue weighted by molar-refractivity contribution is 0.155. The lowest BCUT2D eigenvalue weighted by Gasteiger charge is -2.06. The first-order valence-corrected chi connectivity index (χ1v) is 6.12. The molecule has 0 radical (unpaired) electrons. The first-order valence-electron chi connectivity index (χ1n) is 5.33. The summed E-state index contributed by atoms with van der Waals surface area (Å²) in [6.07, 6.45) is 1.07. The van der Waals surface area contributed by atoms with Crippen LogP contribution >= 0.6 is 15.9 Å². The molecule has 0 saturated heterocycles. The summed E-state index contributed by atoms with van der Waals surface area (Å²) in [6, 6.07) is 13.0. The van der Waals surface area contributed by atoms with Gasteiger partial charge in [0.1, 0.15) is 12.4 Å². The van der Waals surface area contributed by atoms with Crippen LogP contribution in [0.5, 0.6) is 0 Å². The molecule has 1 amide bonds. The van der Waals surface area contributed by atoms with Crippen molar-refractivity contribution in [2.75, 3.05) is 5.32 Å². The van der Waals surface area contributed by atoms with Crippen molar-refractivity contribution in [2.24, 2.45) is 0 Å². The van der Waals surface area contributed by atoms with Gasteiger partial charge in [-0.15, -0.1) is 0 Å². The molecule has 0 spiro atoms. The maximum atomic E-state index is 11.5. The van der Waals surface area contributed by atoms with E-state index < -0.39 is 6.09 Å². The Morgan fingerprint density at radius 3 is 2.78 bits per heavy atom. The normalized spacial score (nSPS) is 9.83. The number of hydrogen-bond acceptors (Lipinski definition) is 3. The van der Waals surface area contributed by atoms with Crippen LogP contribution in [0.1, 0.15) is 5.56 Å². The third kappa shape index (κ3) is 3.85. The molecule has 1 N–H and O–H groups in total. The Kier molecular flexibility index (Phi) is 4.30. The Labute approximate surface area is 113 Å². The summed E-state index contributed by atoms with van der Waals surface area (Å²) in [5, 5.41) is 2.55. The molecular weight excluding hydrogens is 296 g/mol. The average Bonchev–Trinajstić information content (AvgIpc) is 2.38. The van der Waals surface area contributed by atoms with Gasteiger partial charge >= 0.3 is 6.09 Å². The van der Waals surface area contributed by atoms with Gasteiger partial charge in [0.25, 0.3) is 0 Å². The molecule has 92 valence electrons. The Hall–Kier alpha value is -1.88. The van der Waals surface area contributed by atoms with Crippen molar-refractivity contribution in [3.8, 4) is 0 Å². The van der Waals surface area contributed by atoms with Crippen molar-refractivity contribution >= 4 is 27.8 Å². The molecule has 0 unspecified atom stereocenters. The lowest BCUT2D eigenvalue weighted by atomic mass is 10.2. The monoisotopic (exact) mass is 306 g/mol. The SMILES string of the molecule is O=C(Nc1cc(Br)ccn1)OCc1ccccc1. The number of carbonyl (C=O) groups is 1. The summed E-state index contributed by atoms with van der Waals surface area (Å²) in [6.45, 7) is 0.237. The zero-order chi connectivity index (χ0) is 12.8. The van der Waals surface area contributed by atoms with Gasteiger partial charge in [-0.05, 0) is 17.7 Å². The molecule has 0 aliphatic carbocycles. The number of ether oxygens (including phenoxy) is 1. The Morgan fingerprint density at radius 1 is 1.28 bits per heavy atom. The van der Waals surface area contributed by atoms with Crippen LogP contribution in [0.3, 0.4) is 0 Å². The Balaban J connectivity index is 1.86. The van der Waals surface area contributed by atoms with Gasteiger partial charge < -0.3 is 4.74 Å². The maximum absolute atomic E-state index is 11.5. The number of nitrogens with zero attached hydrogens (tertiary/aromatic N) is 1. The van der Waals surface area contributed by atoms with E-state index in [0.29, 0.717) is 5.82 Å². The van der Waals surface area contributed by atoms with Crippen molar-refractivity contribution in [3.05, 3.63) is 58.7 Å². The van der Waals surface area contributed by atoms with Crippen molar-refractivity contribution in [2.45, 2.75) is 6.61 Å². The molecule has 2 aromatic rings. The minimum Gasteiger partial charge on any atom is -0.444 e. The Bertz CT molecular complexity index is 532. The van der Waals surface area contributed by atoms with Crippen LogP contribution in [-0.2, 0) is 11.3 Å². The molecule has 2 rings (SSSR count). The predicted octanol–water partition coefficient (Wildman–Crippen LogP) is 3.59. The highest BCUT2D eigenvalue weighted by Gasteiger charge is 2.04. The van der Waals surface area contributed by atoms with E-state index in [1.807, 2.05) is 30.3 Å². The van der Waals surface area contributed by atoms with Crippen molar-refractivity contribution in [1.82, 2.24) is 4.98 Å². The lowest BCUT2D eigenvalue weighted by Crippen LogP contribution is -2.14. The number of benzene rings is 1. The minimum atomic E-state index is -0.524. The van der Waals surface area contributed by atoms with Crippen LogP contribution < -0.4 is 5.32 Å². The number of nitrogens with one attached hydrogen (secondary N) is 1. The van der Waals surface area contributed by atoms with Crippen molar-refractivity contribution in [3.63, 3.8) is 0 Å². The van der Waals surface area contributed by atoms with E-state index in [9.17, 15) is 4.79 Å². The molecule has 1 heterocycles. The molecule has 0 fully saturated rings. The second-order valence-electron chi connectivity index (χ2n) is 3.55. The zero-order valence-electron chi connectivity index (χ0n) is 9.47. The smallest absolute Gasteiger partial charge is 0.413 e. The summed E-state index contributed by atoms with van der Waals surface area (Å²) >= 11 is 3.30. The molecule has 1 aromatic heterocycles. The summed E-state index contributed by atoms with van der Waals surface area (Å²) < 4.78 is 5.91. The fourth-order valence-electron chi connectivity index (χ4n) is 1.34. The number of carbonyl (C=O) groups excluding carboxylic acids is 1. The van der Waals surface area contributed by atoms with Crippen LogP contribution in [0, 0.1) is 0 Å². The number of amides is 1. The number of hydrogen-bond donors (Lipinski definition) is 1. The fourth-order valence-corrected chi connectivity index (χ4v) is 1.67. The number of anilines is 1. The van der Waals surface area contributed by atoms with E-state index in [1.165, 1.54) is 0 Å². The van der Waals surface area contributed by atoms with Gasteiger partial charge in [0.15, 0.2) is 0 Å². The number of halogens is 1. The summed E-state index contributed by atoms with van der Waals surface area (Å²) in [5.74, 6) is 0.447. The molecule has 5 heteroatoms. The van der Waals surface area contributed by atoms with Gasteiger partial charge in [0.05, 0.1) is 0 Å². The maximum Gasteiger partial charge on any atom is 0.413 e. The first kappa shape index (κ1) is 12.6. The van der Waals surface area contributed by atoms with Crippen LogP contribution in [-0.4, -0.2) is 11.1 Å². The van der Waals surface area contributed by atoms with Crippen LogP contribution in [0.15, 0.2) is 53.1 Å². The first-order chi connectivity index (χ1) is 8.74. The highest BCUT2D eigenvalue weighted by molar-refractivity contribution is 9.10. The number of aromatic nitrogens is 1. The Morgan fingerprint density at radius 2 is 2.06 bits per heavy atom. The van der Waals surface area contributed by atoms with Gasteiger partial charge in [-0.2, -0.15) is 0 Å². The molecule has 1 aromatic carbocycles. The van der Waals surface area contributed by atoms with E-state index in [0.717, 1.165) is 10.0 Å². The van der Waals surface area contributed by atoms with E-state index in [2.05, 4.69) is 26.2 Å². The average molecular weight is 307 g/mol. The van der Waals surface area contributed by atoms with Gasteiger partial charge in [-0.25, -0.2) is 9.78 Å². The quantitative estimate of drug-likeness (QED) is 0.942. The van der Waals surface area contributed by atoms with Crippen LogP contribution in [0.25, 0.3) is 0 Å². The predicted molar refractivity (Wildman–Crippen MR) is 72.2 cm³/mol. The minimum absolute atomic E-state index is 0.237. The highest BCUT2D eigenvalue weighted by atomic mass is 79.9. The van der Waals surface area contributed by atoms with Crippen LogP contribution in [0.4, 0.5) is 10.6 Å². The third-order valence-electron chi connectivity index (χ3n) is 2.16. The van der Waals surface area contributed by atoms with Gasteiger partial charge in [0.2, 0.25) is 0 Å². The number of rotatable bonds is 3. The molecule has 4 nitrogen and oxygen atoms in total. The van der Waals surface area contributed by atoms with E-state index in [4.69, 9.17) is 4.74 Å². The van der Waals surface area contributed by atoms with Gasteiger partial charge in [-0.3, -0.25) is 5.32 Å². The van der Waals surface area contributed by atoms with Crippen molar-refractivity contribution in [1.29, 1.82) is 0 Å². The van der Waals surface area contributed by atoms with E-state index in [-0.39, 0.29) is 6.61 Å². The van der Waals surface area contributed by atoms with Crippen LogP contribution in [0.2, 0.25) is 0 Å². The zero-order valence-corrected chi connectivity index (χ0v) is 11.1. The van der Waals surface area contributed by atoms with E-state index >= 15 is 0 Å². The molecule has 0 atom stereocenters. The molecule has 0 aliphatic heterocycles. The topological polar surface area (TPSA) is 51.2 Å². The number of pyridine rings is 1. The van der Waals surface area contributed by atoms with Gasteiger partial charge in [-0.1, -0.05) is 46.3 Å². The summed E-state index contributed by atoms with van der Waals surface area (Å²) in [5.41, 5.74) is 0.940. The largest absolute Gasteiger partial charge is 0.444 e. The molecule has 0 aliphatic rings. The van der Waals surface area contributed by atoms with E-state index in [1.54, 1.807) is 18.3 Å².